The number of benzene rings is 1. The molecule has 0 spiro atoms. The van der Waals surface area contributed by atoms with Gasteiger partial charge in [-0.3, -0.25) is 14.5 Å². The van der Waals surface area contributed by atoms with Crippen LogP contribution in [0.5, 0.6) is 0 Å². The SMILES string of the molecule is CN(C)C(=O)CCN(Cc1ccc(C(=O)NC2CC2)cc1)Cc1ccco1. The van der Waals surface area contributed by atoms with E-state index < -0.39 is 0 Å². The van der Waals surface area contributed by atoms with E-state index in [0.717, 1.165) is 24.2 Å². The highest BCUT2D eigenvalue weighted by Crippen LogP contribution is 2.19. The third-order valence-electron chi connectivity index (χ3n) is 4.64. The van der Waals surface area contributed by atoms with E-state index in [1.807, 2.05) is 36.4 Å². The second-order valence-corrected chi connectivity index (χ2v) is 7.27. The van der Waals surface area contributed by atoms with Crippen LogP contribution in [0.2, 0.25) is 0 Å². The molecule has 0 unspecified atom stereocenters. The number of carbonyl (C=O) groups is 2. The first-order valence-electron chi connectivity index (χ1n) is 9.36. The molecule has 1 aliphatic carbocycles. The molecule has 1 aliphatic rings. The van der Waals surface area contributed by atoms with E-state index in [9.17, 15) is 9.59 Å². The lowest BCUT2D eigenvalue weighted by molar-refractivity contribution is -0.129. The molecule has 1 aromatic carbocycles. The van der Waals surface area contributed by atoms with Crippen molar-refractivity contribution in [2.75, 3.05) is 20.6 Å². The summed E-state index contributed by atoms with van der Waals surface area (Å²) in [4.78, 5) is 27.8. The van der Waals surface area contributed by atoms with Crippen LogP contribution in [0, 0.1) is 0 Å². The molecule has 1 N–H and O–H groups in total. The van der Waals surface area contributed by atoms with Crippen molar-refractivity contribution in [2.45, 2.75) is 38.4 Å². The lowest BCUT2D eigenvalue weighted by Gasteiger charge is -2.22. The fourth-order valence-corrected chi connectivity index (χ4v) is 2.83. The third kappa shape index (κ3) is 5.96. The van der Waals surface area contributed by atoms with E-state index in [4.69, 9.17) is 4.42 Å². The summed E-state index contributed by atoms with van der Waals surface area (Å²) in [5.74, 6) is 0.965. The topological polar surface area (TPSA) is 65.8 Å². The molecular weight excluding hydrogens is 342 g/mol. The summed E-state index contributed by atoms with van der Waals surface area (Å²) in [5.41, 5.74) is 1.79. The lowest BCUT2D eigenvalue weighted by atomic mass is 10.1. The predicted octanol–water partition coefficient (Wildman–Crippen LogP) is 2.65. The number of nitrogens with one attached hydrogen (secondary N) is 1. The van der Waals surface area contributed by atoms with Gasteiger partial charge in [-0.2, -0.15) is 0 Å². The molecule has 0 bridgehead atoms. The largest absolute Gasteiger partial charge is 0.468 e. The molecule has 6 nitrogen and oxygen atoms in total. The van der Waals surface area contributed by atoms with Gasteiger partial charge in [-0.25, -0.2) is 0 Å². The number of hydrogen-bond donors (Lipinski definition) is 1. The van der Waals surface area contributed by atoms with Gasteiger partial charge in [-0.05, 0) is 42.7 Å². The molecule has 0 atom stereocenters. The van der Waals surface area contributed by atoms with Crippen molar-refractivity contribution in [3.63, 3.8) is 0 Å². The fourth-order valence-electron chi connectivity index (χ4n) is 2.83. The number of carbonyl (C=O) groups excluding carboxylic acids is 2. The molecule has 2 aromatic rings. The van der Waals surface area contributed by atoms with Crippen molar-refractivity contribution in [3.8, 4) is 0 Å². The molecule has 0 saturated heterocycles. The second kappa shape index (κ2) is 8.86. The minimum Gasteiger partial charge on any atom is -0.468 e. The second-order valence-electron chi connectivity index (χ2n) is 7.27. The number of furan rings is 1. The summed E-state index contributed by atoms with van der Waals surface area (Å²) >= 11 is 0. The summed E-state index contributed by atoms with van der Waals surface area (Å²) in [7, 11) is 3.54. The Kier molecular flexibility index (Phi) is 6.29. The van der Waals surface area contributed by atoms with Gasteiger partial charge in [0.2, 0.25) is 5.91 Å². The zero-order valence-electron chi connectivity index (χ0n) is 16.0. The summed E-state index contributed by atoms with van der Waals surface area (Å²) in [5, 5.41) is 3.00. The van der Waals surface area contributed by atoms with E-state index in [1.54, 1.807) is 25.3 Å². The Morgan fingerprint density at radius 1 is 1.11 bits per heavy atom. The molecule has 0 radical (unpaired) electrons. The van der Waals surface area contributed by atoms with Crippen LogP contribution in [0.25, 0.3) is 0 Å². The van der Waals surface area contributed by atoms with Crippen molar-refractivity contribution < 1.29 is 14.0 Å². The first kappa shape index (κ1) is 19.2. The van der Waals surface area contributed by atoms with Gasteiger partial charge < -0.3 is 14.6 Å². The zero-order valence-corrected chi connectivity index (χ0v) is 16.0. The van der Waals surface area contributed by atoms with Crippen LogP contribution in [0.3, 0.4) is 0 Å². The molecule has 144 valence electrons. The Morgan fingerprint density at radius 2 is 1.85 bits per heavy atom. The van der Waals surface area contributed by atoms with Gasteiger partial charge in [-0.1, -0.05) is 12.1 Å². The van der Waals surface area contributed by atoms with Crippen LogP contribution in [0.15, 0.2) is 47.1 Å². The smallest absolute Gasteiger partial charge is 0.251 e. The standard InChI is InChI=1S/C21H27N3O3/c1-23(2)20(25)11-12-24(15-19-4-3-13-27-19)14-16-5-7-17(8-6-16)21(26)22-18-9-10-18/h3-8,13,18H,9-12,14-15H2,1-2H3,(H,22,26). The van der Waals surface area contributed by atoms with E-state index in [-0.39, 0.29) is 11.8 Å². The molecule has 0 aliphatic heterocycles. The summed E-state index contributed by atoms with van der Waals surface area (Å²) in [6.45, 7) is 1.96. The van der Waals surface area contributed by atoms with Crippen LogP contribution in [0.1, 0.15) is 40.9 Å². The van der Waals surface area contributed by atoms with Gasteiger partial charge in [-0.15, -0.1) is 0 Å². The maximum absolute atomic E-state index is 12.1. The van der Waals surface area contributed by atoms with Crippen LogP contribution in [-0.4, -0.2) is 48.3 Å². The molecular formula is C21H27N3O3. The predicted molar refractivity (Wildman–Crippen MR) is 103 cm³/mol. The van der Waals surface area contributed by atoms with Crippen LogP contribution >= 0.6 is 0 Å². The van der Waals surface area contributed by atoms with Crippen molar-refractivity contribution in [1.82, 2.24) is 15.1 Å². The van der Waals surface area contributed by atoms with Gasteiger partial charge in [0.05, 0.1) is 12.8 Å². The molecule has 3 rings (SSSR count). The lowest BCUT2D eigenvalue weighted by Crippen LogP contribution is -2.30. The normalized spacial score (nSPS) is 13.6. The van der Waals surface area contributed by atoms with E-state index in [1.165, 1.54) is 0 Å². The van der Waals surface area contributed by atoms with Gasteiger partial charge in [0.25, 0.3) is 5.91 Å². The number of rotatable bonds is 9. The average molecular weight is 369 g/mol. The Hall–Kier alpha value is -2.60. The Bertz CT molecular complexity index is 749. The quantitative estimate of drug-likeness (QED) is 0.738. The summed E-state index contributed by atoms with van der Waals surface area (Å²) in [6.07, 6.45) is 4.27. The molecule has 1 saturated carbocycles. The van der Waals surface area contributed by atoms with E-state index in [2.05, 4.69) is 10.2 Å². The van der Waals surface area contributed by atoms with Gasteiger partial charge >= 0.3 is 0 Å². The highest BCUT2D eigenvalue weighted by Gasteiger charge is 2.23. The average Bonchev–Trinajstić information content (AvgIpc) is 3.32. The molecule has 1 aromatic heterocycles. The summed E-state index contributed by atoms with van der Waals surface area (Å²) < 4.78 is 5.46. The molecule has 1 heterocycles. The zero-order chi connectivity index (χ0) is 19.2. The first-order valence-corrected chi connectivity index (χ1v) is 9.36. The van der Waals surface area contributed by atoms with Crippen molar-refractivity contribution in [1.29, 1.82) is 0 Å². The maximum Gasteiger partial charge on any atom is 0.251 e. The van der Waals surface area contributed by atoms with Gasteiger partial charge in [0.1, 0.15) is 5.76 Å². The third-order valence-corrected chi connectivity index (χ3v) is 4.64. The minimum absolute atomic E-state index is 0.00642. The maximum atomic E-state index is 12.1. The Balaban J connectivity index is 1.61. The van der Waals surface area contributed by atoms with Crippen LogP contribution in [0.4, 0.5) is 0 Å². The van der Waals surface area contributed by atoms with Crippen LogP contribution in [-0.2, 0) is 17.9 Å². The Labute approximate surface area is 160 Å². The Morgan fingerprint density at radius 3 is 2.44 bits per heavy atom. The van der Waals surface area contributed by atoms with Gasteiger partial charge in [0, 0.05) is 45.2 Å². The van der Waals surface area contributed by atoms with Crippen LogP contribution < -0.4 is 5.32 Å². The summed E-state index contributed by atoms with van der Waals surface area (Å²) in [6, 6.07) is 11.8. The minimum atomic E-state index is -0.00642. The van der Waals surface area contributed by atoms with E-state index in [0.29, 0.717) is 37.7 Å². The monoisotopic (exact) mass is 369 g/mol. The molecule has 2 amide bonds. The molecule has 27 heavy (non-hydrogen) atoms. The highest BCUT2D eigenvalue weighted by atomic mass is 16.3. The van der Waals surface area contributed by atoms with Crippen molar-refractivity contribution in [2.24, 2.45) is 0 Å². The number of nitrogens with zero attached hydrogens (tertiary/aromatic N) is 2. The van der Waals surface area contributed by atoms with Crippen molar-refractivity contribution >= 4 is 11.8 Å². The molecule has 1 fully saturated rings. The van der Waals surface area contributed by atoms with Gasteiger partial charge in [0.15, 0.2) is 0 Å². The van der Waals surface area contributed by atoms with Crippen molar-refractivity contribution in [3.05, 3.63) is 59.5 Å². The fraction of sp³-hybridized carbons (Fsp3) is 0.429. The first-order chi connectivity index (χ1) is 13.0. The number of amides is 2. The van der Waals surface area contributed by atoms with E-state index >= 15 is 0 Å². The highest BCUT2D eigenvalue weighted by molar-refractivity contribution is 5.94. The number of hydrogen-bond acceptors (Lipinski definition) is 4. The molecule has 6 heteroatoms.